The van der Waals surface area contributed by atoms with Gasteiger partial charge < -0.3 is 14.2 Å². The predicted octanol–water partition coefficient (Wildman–Crippen LogP) is 1.28. The molecule has 0 unspecified atom stereocenters. The zero-order valence-corrected chi connectivity index (χ0v) is 8.70. The highest BCUT2D eigenvalue weighted by molar-refractivity contribution is 5.92. The van der Waals surface area contributed by atoms with E-state index in [9.17, 15) is 9.90 Å². The molecule has 0 fully saturated rings. The molecule has 5 heteroatoms. The SMILES string of the molecule is COc1ccc(C([O])=O)c(OC)c1OC. The number of carbonyl (C=O) groups is 1. The van der Waals surface area contributed by atoms with Crippen molar-refractivity contribution in [3.8, 4) is 17.2 Å². The molecule has 0 aliphatic carbocycles. The van der Waals surface area contributed by atoms with E-state index >= 15 is 0 Å². The summed E-state index contributed by atoms with van der Waals surface area (Å²) >= 11 is 0. The van der Waals surface area contributed by atoms with Crippen LogP contribution in [0.25, 0.3) is 0 Å². The summed E-state index contributed by atoms with van der Waals surface area (Å²) in [4.78, 5) is 10.8. The van der Waals surface area contributed by atoms with E-state index in [1.807, 2.05) is 0 Å². The van der Waals surface area contributed by atoms with Gasteiger partial charge in [0.15, 0.2) is 11.5 Å². The highest BCUT2D eigenvalue weighted by atomic mass is 16.5. The minimum atomic E-state index is -1.33. The Hall–Kier alpha value is -1.91. The zero-order chi connectivity index (χ0) is 11.4. The van der Waals surface area contributed by atoms with E-state index in [0.717, 1.165) is 0 Å². The second-order valence-electron chi connectivity index (χ2n) is 2.67. The molecule has 1 rings (SSSR count). The lowest BCUT2D eigenvalue weighted by Crippen LogP contribution is -2.02. The number of hydrogen-bond donors (Lipinski definition) is 0. The number of methoxy groups -OCH3 is 3. The van der Waals surface area contributed by atoms with E-state index in [0.29, 0.717) is 5.75 Å². The Balaban J connectivity index is 3.40. The maximum Gasteiger partial charge on any atom is 0.390 e. The smallest absolute Gasteiger partial charge is 0.390 e. The fraction of sp³-hybridized carbons (Fsp3) is 0.300. The molecule has 0 atom stereocenters. The molecule has 15 heavy (non-hydrogen) atoms. The van der Waals surface area contributed by atoms with Crippen LogP contribution in [0.3, 0.4) is 0 Å². The lowest BCUT2D eigenvalue weighted by Gasteiger charge is -2.12. The van der Waals surface area contributed by atoms with Crippen molar-refractivity contribution in [2.24, 2.45) is 0 Å². The molecule has 0 amide bonds. The minimum absolute atomic E-state index is 0.0739. The molecule has 0 spiro atoms. The van der Waals surface area contributed by atoms with E-state index in [2.05, 4.69) is 0 Å². The summed E-state index contributed by atoms with van der Waals surface area (Å²) in [5.41, 5.74) is -0.0739. The van der Waals surface area contributed by atoms with Crippen LogP contribution >= 0.6 is 0 Å². The summed E-state index contributed by atoms with van der Waals surface area (Å²) in [6.07, 6.45) is 0. The zero-order valence-electron chi connectivity index (χ0n) is 8.70. The normalized spacial score (nSPS) is 9.53. The summed E-state index contributed by atoms with van der Waals surface area (Å²) in [6.45, 7) is 0. The Labute approximate surface area is 87.2 Å². The second kappa shape index (κ2) is 4.54. The Morgan fingerprint density at radius 2 is 1.60 bits per heavy atom. The van der Waals surface area contributed by atoms with Gasteiger partial charge >= 0.3 is 5.97 Å². The van der Waals surface area contributed by atoms with Crippen molar-refractivity contribution in [1.82, 2.24) is 0 Å². The Kier molecular flexibility index (Phi) is 3.38. The average molecular weight is 211 g/mol. The van der Waals surface area contributed by atoms with Crippen molar-refractivity contribution in [2.75, 3.05) is 21.3 Å². The van der Waals surface area contributed by atoms with Gasteiger partial charge in [-0.15, -0.1) is 0 Å². The molecule has 5 nitrogen and oxygen atoms in total. The van der Waals surface area contributed by atoms with E-state index in [-0.39, 0.29) is 17.1 Å². The number of ether oxygens (including phenoxy) is 3. The minimum Gasteiger partial charge on any atom is -0.493 e. The van der Waals surface area contributed by atoms with E-state index in [1.165, 1.54) is 33.5 Å². The van der Waals surface area contributed by atoms with Gasteiger partial charge in [0.05, 0.1) is 21.3 Å². The summed E-state index contributed by atoms with van der Waals surface area (Å²) in [5.74, 6) is -0.592. The lowest BCUT2D eigenvalue weighted by atomic mass is 10.1. The molecule has 0 heterocycles. The third-order valence-electron chi connectivity index (χ3n) is 1.92. The molecule has 0 bridgehead atoms. The van der Waals surface area contributed by atoms with Crippen molar-refractivity contribution in [1.29, 1.82) is 0 Å². The Morgan fingerprint density at radius 1 is 1.00 bits per heavy atom. The Bertz CT molecular complexity index is 372. The van der Waals surface area contributed by atoms with Gasteiger partial charge in [-0.3, -0.25) is 0 Å². The monoisotopic (exact) mass is 211 g/mol. The first-order valence-electron chi connectivity index (χ1n) is 4.16. The summed E-state index contributed by atoms with van der Waals surface area (Å²) in [7, 11) is 4.21. The standard InChI is InChI=1S/C10H11O5/c1-13-7-5-4-6(10(11)12)8(14-2)9(7)15-3/h4-5H,1-3H3. The van der Waals surface area contributed by atoms with E-state index < -0.39 is 5.97 Å². The molecule has 0 saturated heterocycles. The van der Waals surface area contributed by atoms with Gasteiger partial charge in [0.2, 0.25) is 5.75 Å². The Morgan fingerprint density at radius 3 is 2.00 bits per heavy atom. The van der Waals surface area contributed by atoms with Crippen molar-refractivity contribution < 1.29 is 24.1 Å². The van der Waals surface area contributed by atoms with Crippen LogP contribution in [0.2, 0.25) is 0 Å². The molecule has 0 N–H and O–H groups in total. The summed E-state index contributed by atoms with van der Waals surface area (Å²) < 4.78 is 14.9. The third kappa shape index (κ3) is 1.96. The lowest BCUT2D eigenvalue weighted by molar-refractivity contribution is 0.0568. The topological polar surface area (TPSA) is 64.7 Å². The molecule has 0 aliphatic rings. The van der Waals surface area contributed by atoms with Crippen LogP contribution in [-0.4, -0.2) is 27.3 Å². The molecule has 1 aromatic carbocycles. The molecular weight excluding hydrogens is 200 g/mol. The van der Waals surface area contributed by atoms with Crippen molar-refractivity contribution in [3.05, 3.63) is 17.7 Å². The van der Waals surface area contributed by atoms with Gasteiger partial charge in [0.25, 0.3) is 0 Å². The first kappa shape index (κ1) is 11.2. The first-order chi connectivity index (χ1) is 7.15. The van der Waals surface area contributed by atoms with Crippen molar-refractivity contribution in [2.45, 2.75) is 0 Å². The predicted molar refractivity (Wildman–Crippen MR) is 51.1 cm³/mol. The van der Waals surface area contributed by atoms with Gasteiger partial charge in [-0.05, 0) is 12.1 Å². The van der Waals surface area contributed by atoms with Gasteiger partial charge in [-0.1, -0.05) is 0 Å². The molecule has 81 valence electrons. The van der Waals surface area contributed by atoms with Crippen LogP contribution in [0.5, 0.6) is 17.2 Å². The van der Waals surface area contributed by atoms with Gasteiger partial charge in [0.1, 0.15) is 5.56 Å². The van der Waals surface area contributed by atoms with Gasteiger partial charge in [-0.2, -0.15) is 0 Å². The largest absolute Gasteiger partial charge is 0.493 e. The van der Waals surface area contributed by atoms with Crippen molar-refractivity contribution >= 4 is 5.97 Å². The first-order valence-corrected chi connectivity index (χ1v) is 4.16. The molecule has 1 radical (unpaired) electrons. The quantitative estimate of drug-likeness (QED) is 0.752. The maximum atomic E-state index is 10.8. The van der Waals surface area contributed by atoms with Gasteiger partial charge in [0, 0.05) is 0 Å². The van der Waals surface area contributed by atoms with Crippen molar-refractivity contribution in [3.63, 3.8) is 0 Å². The second-order valence-corrected chi connectivity index (χ2v) is 2.67. The highest BCUT2D eigenvalue weighted by Crippen LogP contribution is 2.39. The fourth-order valence-electron chi connectivity index (χ4n) is 1.26. The van der Waals surface area contributed by atoms with E-state index in [1.54, 1.807) is 0 Å². The van der Waals surface area contributed by atoms with Crippen LogP contribution < -0.4 is 14.2 Å². The van der Waals surface area contributed by atoms with Gasteiger partial charge in [-0.25, -0.2) is 9.90 Å². The number of rotatable bonds is 4. The van der Waals surface area contributed by atoms with Crippen LogP contribution in [0.4, 0.5) is 0 Å². The molecular formula is C10H11O5. The number of carbonyl (C=O) groups excluding carboxylic acids is 1. The van der Waals surface area contributed by atoms with Crippen LogP contribution in [-0.2, 0) is 5.11 Å². The highest BCUT2D eigenvalue weighted by Gasteiger charge is 2.20. The molecule has 1 aromatic rings. The third-order valence-corrected chi connectivity index (χ3v) is 1.92. The van der Waals surface area contributed by atoms with Crippen LogP contribution in [0.1, 0.15) is 10.4 Å². The van der Waals surface area contributed by atoms with E-state index in [4.69, 9.17) is 14.2 Å². The van der Waals surface area contributed by atoms with Crippen LogP contribution in [0, 0.1) is 0 Å². The molecule has 0 saturated carbocycles. The number of benzene rings is 1. The summed E-state index contributed by atoms with van der Waals surface area (Å²) in [5, 5.41) is 10.8. The maximum absolute atomic E-state index is 10.8. The van der Waals surface area contributed by atoms with Crippen LogP contribution in [0.15, 0.2) is 12.1 Å². The number of hydrogen-bond acceptors (Lipinski definition) is 4. The molecule has 0 aromatic heterocycles. The molecule has 0 aliphatic heterocycles. The average Bonchev–Trinajstić information content (AvgIpc) is 2.26. The fourth-order valence-corrected chi connectivity index (χ4v) is 1.26. The summed E-state index contributed by atoms with van der Waals surface area (Å²) in [6, 6.07) is 2.82.